The van der Waals surface area contributed by atoms with E-state index in [9.17, 15) is 4.79 Å². The van der Waals surface area contributed by atoms with Crippen LogP contribution in [-0.2, 0) is 16.6 Å². The fourth-order valence-corrected chi connectivity index (χ4v) is 2.98. The van der Waals surface area contributed by atoms with Crippen LogP contribution in [0, 0.1) is 12.8 Å². The summed E-state index contributed by atoms with van der Waals surface area (Å²) in [5.74, 6) is 1.40. The summed E-state index contributed by atoms with van der Waals surface area (Å²) in [6.45, 7) is 8.86. The van der Waals surface area contributed by atoms with E-state index in [-0.39, 0.29) is 23.5 Å². The zero-order chi connectivity index (χ0) is 18.2. The maximum absolute atomic E-state index is 12.3. The van der Waals surface area contributed by atoms with E-state index >= 15 is 0 Å². The molecule has 2 aromatic rings. The summed E-state index contributed by atoms with van der Waals surface area (Å²) in [5, 5.41) is 11.5. The van der Waals surface area contributed by atoms with Crippen LogP contribution in [0.25, 0.3) is 11.0 Å². The van der Waals surface area contributed by atoms with Crippen molar-refractivity contribution in [3.05, 3.63) is 12.0 Å². The molecule has 0 aliphatic carbocycles. The second kappa shape index (κ2) is 6.59. The van der Waals surface area contributed by atoms with Gasteiger partial charge in [-0.2, -0.15) is 5.10 Å². The van der Waals surface area contributed by atoms with Crippen molar-refractivity contribution in [2.24, 2.45) is 13.0 Å². The van der Waals surface area contributed by atoms with Gasteiger partial charge in [-0.3, -0.25) is 9.48 Å². The fourth-order valence-electron chi connectivity index (χ4n) is 2.98. The Labute approximate surface area is 147 Å². The van der Waals surface area contributed by atoms with E-state index in [1.54, 1.807) is 10.9 Å². The first-order valence-corrected chi connectivity index (χ1v) is 8.57. The summed E-state index contributed by atoms with van der Waals surface area (Å²) in [4.78, 5) is 21.1. The molecule has 8 nitrogen and oxygen atoms in total. The van der Waals surface area contributed by atoms with Crippen molar-refractivity contribution in [2.45, 2.75) is 45.8 Å². The Morgan fingerprint density at radius 1 is 1.40 bits per heavy atom. The molecule has 8 heteroatoms. The van der Waals surface area contributed by atoms with Crippen molar-refractivity contribution >= 4 is 22.8 Å². The molecule has 0 unspecified atom stereocenters. The van der Waals surface area contributed by atoms with Crippen LogP contribution in [0.5, 0.6) is 0 Å². The van der Waals surface area contributed by atoms with Crippen LogP contribution >= 0.6 is 0 Å². The molecule has 25 heavy (non-hydrogen) atoms. The molecular formula is C17H26N6O2. The van der Waals surface area contributed by atoms with Crippen molar-refractivity contribution in [1.29, 1.82) is 0 Å². The lowest BCUT2D eigenvalue weighted by atomic mass is 10.0. The lowest BCUT2D eigenvalue weighted by molar-refractivity contribution is -0.126. The van der Waals surface area contributed by atoms with Crippen LogP contribution in [-0.4, -0.2) is 50.5 Å². The number of fused-ring (bicyclic) bond motifs is 1. The first-order valence-electron chi connectivity index (χ1n) is 8.57. The molecule has 2 atom stereocenters. The van der Waals surface area contributed by atoms with E-state index in [0.29, 0.717) is 25.4 Å². The second-order valence-corrected chi connectivity index (χ2v) is 7.63. The number of anilines is 1. The first-order chi connectivity index (χ1) is 11.7. The molecule has 1 aliphatic heterocycles. The molecule has 0 radical (unpaired) electrons. The Bertz CT molecular complexity index is 779. The van der Waals surface area contributed by atoms with E-state index in [1.165, 1.54) is 0 Å². The molecule has 3 rings (SSSR count). The average molecular weight is 346 g/mol. The zero-order valence-electron chi connectivity index (χ0n) is 15.5. The van der Waals surface area contributed by atoms with Gasteiger partial charge in [-0.15, -0.1) is 0 Å². The van der Waals surface area contributed by atoms with Crippen molar-refractivity contribution in [2.75, 3.05) is 18.5 Å². The van der Waals surface area contributed by atoms with E-state index in [4.69, 9.17) is 4.74 Å². The highest BCUT2D eigenvalue weighted by Crippen LogP contribution is 2.23. The summed E-state index contributed by atoms with van der Waals surface area (Å²) >= 11 is 0. The van der Waals surface area contributed by atoms with E-state index in [0.717, 1.165) is 16.9 Å². The third-order valence-corrected chi connectivity index (χ3v) is 4.15. The number of rotatable bonds is 4. The van der Waals surface area contributed by atoms with Crippen molar-refractivity contribution in [3.63, 3.8) is 0 Å². The molecule has 136 valence electrons. The van der Waals surface area contributed by atoms with Gasteiger partial charge in [0.1, 0.15) is 11.6 Å². The largest absolute Gasteiger partial charge is 0.376 e. The van der Waals surface area contributed by atoms with Gasteiger partial charge in [0.15, 0.2) is 5.65 Å². The van der Waals surface area contributed by atoms with Gasteiger partial charge < -0.3 is 15.4 Å². The molecule has 3 heterocycles. The van der Waals surface area contributed by atoms with Gasteiger partial charge in [-0.1, -0.05) is 0 Å². The van der Waals surface area contributed by atoms with Gasteiger partial charge in [-0.05, 0) is 34.1 Å². The molecule has 2 N–H and O–H groups in total. The van der Waals surface area contributed by atoms with E-state index in [1.807, 2.05) is 34.7 Å². The van der Waals surface area contributed by atoms with Gasteiger partial charge >= 0.3 is 0 Å². The average Bonchev–Trinajstić information content (AvgIpc) is 3.11. The van der Waals surface area contributed by atoms with Gasteiger partial charge in [0.2, 0.25) is 5.91 Å². The zero-order valence-corrected chi connectivity index (χ0v) is 15.5. The number of carbonyl (C=O) groups is 1. The van der Waals surface area contributed by atoms with Crippen molar-refractivity contribution in [3.8, 4) is 0 Å². The monoisotopic (exact) mass is 346 g/mol. The third kappa shape index (κ3) is 4.07. The van der Waals surface area contributed by atoms with Crippen LogP contribution in [0.2, 0.25) is 0 Å². The minimum atomic E-state index is -0.224. The Morgan fingerprint density at radius 2 is 2.16 bits per heavy atom. The van der Waals surface area contributed by atoms with Gasteiger partial charge in [0.05, 0.1) is 30.2 Å². The Hall–Kier alpha value is -2.22. The number of hydrogen-bond donors (Lipinski definition) is 2. The molecule has 0 bridgehead atoms. The lowest BCUT2D eigenvalue weighted by Crippen LogP contribution is -2.44. The predicted octanol–water partition coefficient (Wildman–Crippen LogP) is 1.40. The summed E-state index contributed by atoms with van der Waals surface area (Å²) < 4.78 is 7.51. The summed E-state index contributed by atoms with van der Waals surface area (Å²) in [6.07, 6.45) is 2.44. The molecular weight excluding hydrogens is 320 g/mol. The minimum absolute atomic E-state index is 0.0160. The van der Waals surface area contributed by atoms with Gasteiger partial charge in [-0.25, -0.2) is 9.97 Å². The SMILES string of the molecule is Cc1nc(NC[C@@H]2C[C@H](C(=O)NC(C)(C)C)CO2)c2cnn(C)c2n1. The lowest BCUT2D eigenvalue weighted by Gasteiger charge is -2.22. The van der Waals surface area contributed by atoms with E-state index in [2.05, 4.69) is 25.7 Å². The highest BCUT2D eigenvalue weighted by Gasteiger charge is 2.32. The van der Waals surface area contributed by atoms with Crippen LogP contribution in [0.1, 0.15) is 33.0 Å². The fraction of sp³-hybridized carbons (Fsp3) is 0.647. The standard InChI is InChI=1S/C17H26N6O2/c1-10-20-14(13-8-19-23(5)15(13)21-10)18-7-12-6-11(9-25-12)16(24)22-17(2,3)4/h8,11-12H,6-7,9H2,1-5H3,(H,22,24)(H,18,20,21)/t11-,12-/m0/s1. The Balaban J connectivity index is 1.61. The Kier molecular flexibility index (Phi) is 4.64. The number of amides is 1. The number of nitrogens with zero attached hydrogens (tertiary/aromatic N) is 4. The van der Waals surface area contributed by atoms with Crippen molar-refractivity contribution < 1.29 is 9.53 Å². The van der Waals surface area contributed by atoms with Gasteiger partial charge in [0, 0.05) is 19.1 Å². The molecule has 0 saturated carbocycles. The van der Waals surface area contributed by atoms with Gasteiger partial charge in [0.25, 0.3) is 0 Å². The third-order valence-electron chi connectivity index (χ3n) is 4.15. The number of nitrogens with one attached hydrogen (secondary N) is 2. The molecule has 0 aromatic carbocycles. The van der Waals surface area contributed by atoms with Crippen LogP contribution in [0.4, 0.5) is 5.82 Å². The number of aryl methyl sites for hydroxylation is 2. The van der Waals surface area contributed by atoms with Crippen LogP contribution in [0.15, 0.2) is 6.20 Å². The number of ether oxygens (including phenoxy) is 1. The summed E-state index contributed by atoms with van der Waals surface area (Å²) in [7, 11) is 1.86. The molecule has 1 saturated heterocycles. The number of aromatic nitrogens is 4. The smallest absolute Gasteiger partial charge is 0.225 e. The molecule has 0 spiro atoms. The maximum atomic E-state index is 12.3. The highest BCUT2D eigenvalue weighted by atomic mass is 16.5. The number of carbonyl (C=O) groups excluding carboxylic acids is 1. The summed E-state index contributed by atoms with van der Waals surface area (Å²) in [6, 6.07) is 0. The molecule has 1 aliphatic rings. The first kappa shape index (κ1) is 17.6. The van der Waals surface area contributed by atoms with Crippen LogP contribution < -0.4 is 10.6 Å². The predicted molar refractivity (Wildman–Crippen MR) is 95.3 cm³/mol. The molecule has 1 fully saturated rings. The van der Waals surface area contributed by atoms with Crippen molar-refractivity contribution in [1.82, 2.24) is 25.1 Å². The van der Waals surface area contributed by atoms with E-state index < -0.39 is 0 Å². The quantitative estimate of drug-likeness (QED) is 0.869. The molecule has 1 amide bonds. The second-order valence-electron chi connectivity index (χ2n) is 7.63. The topological polar surface area (TPSA) is 94.0 Å². The molecule has 2 aromatic heterocycles. The number of hydrogen-bond acceptors (Lipinski definition) is 6. The highest BCUT2D eigenvalue weighted by molar-refractivity contribution is 5.86. The maximum Gasteiger partial charge on any atom is 0.225 e. The Morgan fingerprint density at radius 3 is 2.88 bits per heavy atom. The normalized spacial score (nSPS) is 20.8. The van der Waals surface area contributed by atoms with Crippen LogP contribution in [0.3, 0.4) is 0 Å². The summed E-state index contributed by atoms with van der Waals surface area (Å²) in [5.41, 5.74) is 0.572. The minimum Gasteiger partial charge on any atom is -0.376 e.